The molecule has 2 atom stereocenters. The molecule has 2 aromatic heterocycles. The van der Waals surface area contributed by atoms with Crippen molar-refractivity contribution in [3.8, 4) is 0 Å². The fourth-order valence-electron chi connectivity index (χ4n) is 3.85. The van der Waals surface area contributed by atoms with Crippen LogP contribution in [0.15, 0.2) is 24.5 Å². The molecule has 2 aliphatic rings. The highest BCUT2D eigenvalue weighted by atomic mass is 16.2. The zero-order valence-corrected chi connectivity index (χ0v) is 13.0. The average molecular weight is 298 g/mol. The van der Waals surface area contributed by atoms with E-state index < -0.39 is 0 Å². The first-order valence-corrected chi connectivity index (χ1v) is 8.21. The van der Waals surface area contributed by atoms with E-state index in [0.29, 0.717) is 11.7 Å². The maximum absolute atomic E-state index is 12.5. The predicted octanol–water partition coefficient (Wildman–Crippen LogP) is 2.00. The molecule has 2 saturated heterocycles. The molecule has 4 rings (SSSR count). The smallest absolute Gasteiger partial charge is 0.271 e. The van der Waals surface area contributed by atoms with Crippen molar-refractivity contribution in [3.05, 3.63) is 35.8 Å². The number of fused-ring (bicyclic) bond motifs is 2. The van der Waals surface area contributed by atoms with Crippen LogP contribution in [0.3, 0.4) is 0 Å². The molecule has 4 heterocycles. The monoisotopic (exact) mass is 298 g/mol. The van der Waals surface area contributed by atoms with E-state index in [2.05, 4.69) is 15.2 Å². The van der Waals surface area contributed by atoms with E-state index in [1.54, 1.807) is 0 Å². The number of aryl methyl sites for hydroxylation is 1. The highest BCUT2D eigenvalue weighted by Crippen LogP contribution is 2.27. The van der Waals surface area contributed by atoms with Crippen molar-refractivity contribution in [2.75, 3.05) is 13.1 Å². The Morgan fingerprint density at radius 2 is 2.23 bits per heavy atom. The van der Waals surface area contributed by atoms with Gasteiger partial charge in [0, 0.05) is 31.0 Å². The van der Waals surface area contributed by atoms with Gasteiger partial charge in [0.25, 0.3) is 5.91 Å². The Kier molecular flexibility index (Phi) is 3.37. The summed E-state index contributed by atoms with van der Waals surface area (Å²) in [5.74, 6) is -0.0428. The quantitative estimate of drug-likeness (QED) is 0.922. The number of piperidine rings is 1. The number of imidazole rings is 1. The molecule has 0 aliphatic carbocycles. The van der Waals surface area contributed by atoms with Gasteiger partial charge < -0.3 is 9.72 Å². The Morgan fingerprint density at radius 3 is 3.14 bits per heavy atom. The zero-order chi connectivity index (χ0) is 15.1. The minimum Gasteiger partial charge on any atom is -0.346 e. The molecular weight excluding hydrogens is 276 g/mol. The molecule has 0 bridgehead atoms. The summed E-state index contributed by atoms with van der Waals surface area (Å²) >= 11 is 0. The highest BCUT2D eigenvalue weighted by Gasteiger charge is 2.36. The Morgan fingerprint density at radius 1 is 1.32 bits per heavy atom. The van der Waals surface area contributed by atoms with E-state index in [9.17, 15) is 4.79 Å². The molecular formula is C17H22N4O. The molecule has 2 aliphatic heterocycles. The molecule has 1 N–H and O–H groups in total. The normalized spacial score (nSPS) is 25.3. The summed E-state index contributed by atoms with van der Waals surface area (Å²) in [6.07, 6.45) is 8.60. The summed E-state index contributed by atoms with van der Waals surface area (Å²) in [7, 11) is 0. The van der Waals surface area contributed by atoms with Crippen molar-refractivity contribution >= 4 is 11.6 Å². The summed E-state index contributed by atoms with van der Waals surface area (Å²) < 4.78 is 1.91. The second kappa shape index (κ2) is 5.39. The van der Waals surface area contributed by atoms with Crippen LogP contribution in [0.2, 0.25) is 0 Å². The predicted molar refractivity (Wildman–Crippen MR) is 85.0 cm³/mol. The molecule has 5 heteroatoms. The molecule has 2 aromatic rings. The molecule has 2 fully saturated rings. The van der Waals surface area contributed by atoms with Crippen LogP contribution in [0.25, 0.3) is 5.65 Å². The van der Waals surface area contributed by atoms with E-state index in [1.807, 2.05) is 35.9 Å². The molecule has 0 unspecified atom stereocenters. The van der Waals surface area contributed by atoms with Crippen molar-refractivity contribution in [2.24, 2.45) is 0 Å². The van der Waals surface area contributed by atoms with E-state index in [-0.39, 0.29) is 11.9 Å². The number of carbonyl (C=O) groups is 1. The van der Waals surface area contributed by atoms with Gasteiger partial charge >= 0.3 is 0 Å². The molecule has 116 valence electrons. The topological polar surface area (TPSA) is 49.6 Å². The Hall–Kier alpha value is -1.88. The van der Waals surface area contributed by atoms with Crippen molar-refractivity contribution < 1.29 is 4.79 Å². The maximum Gasteiger partial charge on any atom is 0.271 e. The summed E-state index contributed by atoms with van der Waals surface area (Å²) in [6.45, 7) is 4.33. The van der Waals surface area contributed by atoms with Crippen molar-refractivity contribution in [3.63, 3.8) is 0 Å². The van der Waals surface area contributed by atoms with E-state index in [1.165, 1.54) is 25.8 Å². The van der Waals surface area contributed by atoms with Gasteiger partial charge in [-0.15, -0.1) is 0 Å². The number of hydrogen-bond donors (Lipinski definition) is 1. The lowest BCUT2D eigenvalue weighted by Gasteiger charge is -2.32. The molecule has 0 spiro atoms. The number of carbonyl (C=O) groups excluding carboxylic acids is 1. The van der Waals surface area contributed by atoms with Crippen LogP contribution in [0.4, 0.5) is 0 Å². The summed E-state index contributed by atoms with van der Waals surface area (Å²) in [6, 6.07) is 4.82. The maximum atomic E-state index is 12.5. The second-order valence-corrected chi connectivity index (χ2v) is 6.56. The lowest BCUT2D eigenvalue weighted by atomic mass is 9.99. The molecule has 22 heavy (non-hydrogen) atoms. The third-order valence-corrected chi connectivity index (χ3v) is 5.02. The first-order valence-electron chi connectivity index (χ1n) is 8.21. The van der Waals surface area contributed by atoms with Crippen molar-refractivity contribution in [1.29, 1.82) is 0 Å². The van der Waals surface area contributed by atoms with Gasteiger partial charge in [0.15, 0.2) is 0 Å². The molecule has 0 saturated carbocycles. The third-order valence-electron chi connectivity index (χ3n) is 5.02. The van der Waals surface area contributed by atoms with E-state index >= 15 is 0 Å². The van der Waals surface area contributed by atoms with Gasteiger partial charge in [0.2, 0.25) is 0 Å². The van der Waals surface area contributed by atoms with Crippen LogP contribution in [0.5, 0.6) is 0 Å². The van der Waals surface area contributed by atoms with Gasteiger partial charge in [-0.2, -0.15) is 0 Å². The first-order chi connectivity index (χ1) is 10.7. The third kappa shape index (κ3) is 2.39. The molecule has 0 radical (unpaired) electrons. The lowest BCUT2D eigenvalue weighted by Crippen LogP contribution is -2.46. The second-order valence-electron chi connectivity index (χ2n) is 6.56. The van der Waals surface area contributed by atoms with Crippen LogP contribution in [-0.4, -0.2) is 45.4 Å². The standard InChI is InChI=1S/C17H22N4O/c1-12-5-8-21-11-14(18-16(21)10-12)17(22)19-13-6-9-20-7-3-2-4-15(13)20/h5,8,10-11,13,15H,2-4,6-7,9H2,1H3,(H,19,22)/t13-,15+/m0/s1. The van der Waals surface area contributed by atoms with Crippen LogP contribution >= 0.6 is 0 Å². The SMILES string of the molecule is Cc1ccn2cc(C(=O)N[C@H]3CCN4CCCC[C@H]34)nc2c1. The van der Waals surface area contributed by atoms with Crippen LogP contribution in [-0.2, 0) is 0 Å². The number of nitrogens with one attached hydrogen (secondary N) is 1. The van der Waals surface area contributed by atoms with Crippen molar-refractivity contribution in [1.82, 2.24) is 19.6 Å². The number of aromatic nitrogens is 2. The van der Waals surface area contributed by atoms with E-state index in [0.717, 1.165) is 24.2 Å². The van der Waals surface area contributed by atoms with Gasteiger partial charge in [-0.05, 0) is 50.4 Å². The molecule has 1 amide bonds. The van der Waals surface area contributed by atoms with Gasteiger partial charge in [0.05, 0.1) is 0 Å². The Bertz CT molecular complexity index is 708. The van der Waals surface area contributed by atoms with Gasteiger partial charge in [-0.3, -0.25) is 9.69 Å². The number of amides is 1. The van der Waals surface area contributed by atoms with Crippen LogP contribution in [0.1, 0.15) is 41.7 Å². The number of hydrogen-bond acceptors (Lipinski definition) is 3. The number of rotatable bonds is 2. The van der Waals surface area contributed by atoms with E-state index in [4.69, 9.17) is 0 Å². The zero-order valence-electron chi connectivity index (χ0n) is 13.0. The van der Waals surface area contributed by atoms with Gasteiger partial charge in [-0.1, -0.05) is 6.42 Å². The largest absolute Gasteiger partial charge is 0.346 e. The Labute approximate surface area is 130 Å². The fourth-order valence-corrected chi connectivity index (χ4v) is 3.85. The molecule has 0 aromatic carbocycles. The summed E-state index contributed by atoms with van der Waals surface area (Å²) in [4.78, 5) is 19.5. The summed E-state index contributed by atoms with van der Waals surface area (Å²) in [5.41, 5.74) is 2.49. The van der Waals surface area contributed by atoms with Crippen molar-refractivity contribution in [2.45, 2.75) is 44.7 Å². The van der Waals surface area contributed by atoms with Gasteiger partial charge in [0.1, 0.15) is 11.3 Å². The van der Waals surface area contributed by atoms with Gasteiger partial charge in [-0.25, -0.2) is 4.98 Å². The first kappa shape index (κ1) is 13.8. The van der Waals surface area contributed by atoms with Crippen LogP contribution < -0.4 is 5.32 Å². The van der Waals surface area contributed by atoms with Crippen LogP contribution in [0, 0.1) is 6.92 Å². The number of nitrogens with zero attached hydrogens (tertiary/aromatic N) is 3. The molecule has 5 nitrogen and oxygen atoms in total. The fraction of sp³-hybridized carbons (Fsp3) is 0.529. The highest BCUT2D eigenvalue weighted by molar-refractivity contribution is 5.93. The summed E-state index contributed by atoms with van der Waals surface area (Å²) in [5, 5.41) is 3.21. The number of pyridine rings is 1. The minimum atomic E-state index is -0.0428. The Balaban J connectivity index is 1.51. The minimum absolute atomic E-state index is 0.0428. The lowest BCUT2D eigenvalue weighted by molar-refractivity contribution is 0.0911. The average Bonchev–Trinajstić information content (AvgIpc) is 3.11.